The molecule has 2 aromatic heterocycles. The van der Waals surface area contributed by atoms with Gasteiger partial charge in [0.15, 0.2) is 0 Å². The van der Waals surface area contributed by atoms with E-state index in [0.717, 1.165) is 18.2 Å². The van der Waals surface area contributed by atoms with Gasteiger partial charge < -0.3 is 19.6 Å². The Morgan fingerprint density at radius 3 is 2.19 bits per heavy atom. The molecular weight excluding hydrogens is 424 g/mol. The molecule has 0 bridgehead atoms. The summed E-state index contributed by atoms with van der Waals surface area (Å²) in [5, 5.41) is 11.2. The highest BCUT2D eigenvalue weighted by atomic mass is 79.9. The zero-order chi connectivity index (χ0) is 18.8. The highest BCUT2D eigenvalue weighted by molar-refractivity contribution is 9.10. The van der Waals surface area contributed by atoms with Gasteiger partial charge in [-0.15, -0.1) is 0 Å². The quantitative estimate of drug-likeness (QED) is 0.556. The summed E-state index contributed by atoms with van der Waals surface area (Å²) in [5.41, 5.74) is 0.914. The number of hydrogen-bond donors (Lipinski definition) is 2. The maximum atomic E-state index is 12.5. The van der Waals surface area contributed by atoms with E-state index in [1.165, 1.54) is 6.20 Å². The lowest BCUT2D eigenvalue weighted by atomic mass is 10.0. The van der Waals surface area contributed by atoms with Crippen molar-refractivity contribution in [3.05, 3.63) is 52.3 Å². The van der Waals surface area contributed by atoms with E-state index in [4.69, 9.17) is 0 Å². The molecule has 0 aliphatic carbocycles. The van der Waals surface area contributed by atoms with Gasteiger partial charge in [0.25, 0.3) is 0 Å². The van der Waals surface area contributed by atoms with Gasteiger partial charge in [0, 0.05) is 33.9 Å². The van der Waals surface area contributed by atoms with Crippen LogP contribution in [0.5, 0.6) is 11.5 Å². The van der Waals surface area contributed by atoms with Crippen LogP contribution in [0.15, 0.2) is 41.1 Å². The molecule has 0 saturated heterocycles. The average Bonchev–Trinajstić information content (AvgIpc) is 2.95. The van der Waals surface area contributed by atoms with Gasteiger partial charge in [-0.05, 0) is 39.7 Å². The minimum Gasteiger partial charge on any atom is -0.435 e. The summed E-state index contributed by atoms with van der Waals surface area (Å²) in [7, 11) is 0. The number of aliphatic hydroxyl groups is 1. The molecule has 0 radical (unpaired) electrons. The normalized spacial score (nSPS) is 12.8. The third-order valence-electron chi connectivity index (χ3n) is 3.49. The van der Waals surface area contributed by atoms with Crippen LogP contribution in [0.3, 0.4) is 0 Å². The number of hydrogen-bond acceptors (Lipinski definition) is 4. The van der Waals surface area contributed by atoms with Gasteiger partial charge >= 0.3 is 13.2 Å². The van der Waals surface area contributed by atoms with Gasteiger partial charge in [-0.2, -0.15) is 17.6 Å². The van der Waals surface area contributed by atoms with Gasteiger partial charge in [-0.25, -0.2) is 4.98 Å². The molecular formula is C16H11BrF4N2O3. The van der Waals surface area contributed by atoms with Crippen LogP contribution in [-0.2, 0) is 0 Å². The number of H-pyrrole nitrogens is 1. The first-order valence-corrected chi connectivity index (χ1v) is 7.98. The van der Waals surface area contributed by atoms with Crippen LogP contribution in [-0.4, -0.2) is 28.3 Å². The molecule has 3 rings (SSSR count). The molecule has 138 valence electrons. The number of ether oxygens (including phenoxy) is 2. The monoisotopic (exact) mass is 434 g/mol. The number of halogens is 5. The van der Waals surface area contributed by atoms with Crippen molar-refractivity contribution >= 4 is 27.0 Å². The number of rotatable bonds is 6. The number of aromatic nitrogens is 2. The zero-order valence-corrected chi connectivity index (χ0v) is 14.4. The lowest BCUT2D eigenvalue weighted by molar-refractivity contribution is -0.0544. The fourth-order valence-electron chi connectivity index (χ4n) is 2.50. The first kappa shape index (κ1) is 18.5. The van der Waals surface area contributed by atoms with Crippen LogP contribution >= 0.6 is 15.9 Å². The van der Waals surface area contributed by atoms with Crippen LogP contribution in [0.1, 0.15) is 17.2 Å². The Hall–Kier alpha value is -2.33. The fourth-order valence-corrected chi connectivity index (χ4v) is 2.83. The summed E-state index contributed by atoms with van der Waals surface area (Å²) in [6, 6.07) is 4.84. The number of aromatic amines is 1. The van der Waals surface area contributed by atoms with E-state index < -0.39 is 30.8 Å². The van der Waals surface area contributed by atoms with Gasteiger partial charge in [0.2, 0.25) is 0 Å². The molecule has 2 N–H and O–H groups in total. The predicted octanol–water partition coefficient (Wildman–Crippen LogP) is 4.61. The average molecular weight is 435 g/mol. The highest BCUT2D eigenvalue weighted by Crippen LogP contribution is 2.34. The molecule has 0 amide bonds. The van der Waals surface area contributed by atoms with Crippen molar-refractivity contribution in [3.63, 3.8) is 0 Å². The Labute approximate surface area is 152 Å². The van der Waals surface area contributed by atoms with Gasteiger partial charge in [-0.1, -0.05) is 0 Å². The van der Waals surface area contributed by atoms with E-state index in [2.05, 4.69) is 35.4 Å². The topological polar surface area (TPSA) is 67.4 Å². The SMILES string of the molecule is OC(c1cc(OC(F)F)cc(OC(F)F)c1)c1c[nH]c2ncc(Br)cc12. The first-order chi connectivity index (χ1) is 12.3. The van der Waals surface area contributed by atoms with Crippen LogP contribution in [0.2, 0.25) is 0 Å². The highest BCUT2D eigenvalue weighted by Gasteiger charge is 2.20. The van der Waals surface area contributed by atoms with Crippen molar-refractivity contribution in [2.75, 3.05) is 0 Å². The zero-order valence-electron chi connectivity index (χ0n) is 12.8. The van der Waals surface area contributed by atoms with Crippen LogP contribution < -0.4 is 9.47 Å². The minimum atomic E-state index is -3.16. The molecule has 26 heavy (non-hydrogen) atoms. The predicted molar refractivity (Wildman–Crippen MR) is 87.6 cm³/mol. The summed E-state index contributed by atoms with van der Waals surface area (Å²) in [4.78, 5) is 7.00. The largest absolute Gasteiger partial charge is 0.435 e. The van der Waals surface area contributed by atoms with Crippen LogP contribution in [0.25, 0.3) is 11.0 Å². The second-order valence-corrected chi connectivity index (χ2v) is 6.11. The number of benzene rings is 1. The summed E-state index contributed by atoms with van der Waals surface area (Å²) in [5.74, 6) is -0.822. The lowest BCUT2D eigenvalue weighted by Gasteiger charge is -2.15. The van der Waals surface area contributed by atoms with E-state index in [1.54, 1.807) is 12.3 Å². The van der Waals surface area contributed by atoms with Crippen molar-refractivity contribution in [2.24, 2.45) is 0 Å². The Morgan fingerprint density at radius 2 is 1.62 bits per heavy atom. The van der Waals surface area contributed by atoms with Crippen molar-refractivity contribution in [3.8, 4) is 11.5 Å². The smallest absolute Gasteiger partial charge is 0.387 e. The molecule has 5 nitrogen and oxygen atoms in total. The van der Waals surface area contributed by atoms with Crippen LogP contribution in [0.4, 0.5) is 17.6 Å². The van der Waals surface area contributed by atoms with Crippen molar-refractivity contribution in [1.29, 1.82) is 0 Å². The molecule has 10 heteroatoms. The van der Waals surface area contributed by atoms with Crippen LogP contribution in [0, 0.1) is 0 Å². The fraction of sp³-hybridized carbons (Fsp3) is 0.188. The maximum Gasteiger partial charge on any atom is 0.387 e. The van der Waals surface area contributed by atoms with E-state index >= 15 is 0 Å². The van der Waals surface area contributed by atoms with Gasteiger partial charge in [0.1, 0.15) is 23.3 Å². The van der Waals surface area contributed by atoms with E-state index in [1.807, 2.05) is 0 Å². The first-order valence-electron chi connectivity index (χ1n) is 7.18. The van der Waals surface area contributed by atoms with Crippen molar-refractivity contribution < 1.29 is 32.1 Å². The Balaban J connectivity index is 2.03. The summed E-state index contributed by atoms with van der Waals surface area (Å²) in [6.45, 7) is -6.31. The van der Waals surface area contributed by atoms with Gasteiger partial charge in [0.05, 0.1) is 0 Å². The molecule has 2 heterocycles. The van der Waals surface area contributed by atoms with E-state index in [9.17, 15) is 22.7 Å². The molecule has 0 saturated carbocycles. The third-order valence-corrected chi connectivity index (χ3v) is 3.93. The number of fused-ring (bicyclic) bond motifs is 1. The van der Waals surface area contributed by atoms with E-state index in [-0.39, 0.29) is 5.56 Å². The number of alkyl halides is 4. The molecule has 0 spiro atoms. The lowest BCUT2D eigenvalue weighted by Crippen LogP contribution is -2.07. The second kappa shape index (κ2) is 7.50. The summed E-state index contributed by atoms with van der Waals surface area (Å²) in [6.07, 6.45) is 1.73. The Bertz CT molecular complexity index is 891. The molecule has 1 atom stereocenters. The Morgan fingerprint density at radius 1 is 1.00 bits per heavy atom. The van der Waals surface area contributed by atoms with Crippen molar-refractivity contribution in [2.45, 2.75) is 19.3 Å². The number of nitrogens with one attached hydrogen (secondary N) is 1. The third kappa shape index (κ3) is 4.07. The van der Waals surface area contributed by atoms with E-state index in [0.29, 0.717) is 21.1 Å². The standard InChI is InChI=1S/C16H11BrF4N2O3/c17-8-3-11-12(6-23-14(11)22-5-8)13(24)7-1-9(25-15(18)19)4-10(2-7)26-16(20)21/h1-6,13,15-16,24H,(H,22,23). The summed E-state index contributed by atoms with van der Waals surface area (Å²) < 4.78 is 59.1. The molecule has 1 unspecified atom stereocenters. The molecule has 3 aromatic rings. The summed E-state index contributed by atoms with van der Waals surface area (Å²) >= 11 is 3.27. The minimum absolute atomic E-state index is 0.0414. The van der Waals surface area contributed by atoms with Crippen molar-refractivity contribution in [1.82, 2.24) is 9.97 Å². The molecule has 0 aliphatic rings. The number of pyridine rings is 1. The molecule has 1 aromatic carbocycles. The number of nitrogens with zero attached hydrogens (tertiary/aromatic N) is 1. The maximum absolute atomic E-state index is 12.5. The van der Waals surface area contributed by atoms with Gasteiger partial charge in [-0.3, -0.25) is 0 Å². The molecule has 0 aliphatic heterocycles. The Kier molecular flexibility index (Phi) is 5.33. The number of aliphatic hydroxyl groups excluding tert-OH is 1. The molecule has 0 fully saturated rings. The second-order valence-electron chi connectivity index (χ2n) is 5.19.